The van der Waals surface area contributed by atoms with Gasteiger partial charge in [-0.2, -0.15) is 0 Å². The van der Waals surface area contributed by atoms with Crippen LogP contribution in [0.4, 0.5) is 0 Å². The number of benzene rings is 1. The molecule has 1 heterocycles. The zero-order valence-corrected chi connectivity index (χ0v) is 11.8. The number of aryl methyl sites for hydroxylation is 1. The summed E-state index contributed by atoms with van der Waals surface area (Å²) in [5.41, 5.74) is 2.33. The van der Waals surface area contributed by atoms with E-state index in [1.165, 1.54) is 11.1 Å². The normalized spacial score (nSPS) is 14.3. The fraction of sp³-hybridized carbons (Fsp3) is 0.533. The van der Waals surface area contributed by atoms with E-state index < -0.39 is 0 Å². The maximum atomic E-state index is 10.4. The van der Waals surface area contributed by atoms with Gasteiger partial charge < -0.3 is 19.6 Å². The molecule has 0 aromatic heterocycles. The van der Waals surface area contributed by atoms with Crippen molar-refractivity contribution in [1.29, 1.82) is 0 Å². The second kappa shape index (κ2) is 5.61. The molecular weight excluding hydrogens is 242 g/mol. The average molecular weight is 263 g/mol. The van der Waals surface area contributed by atoms with Crippen LogP contribution >= 0.6 is 0 Å². The highest BCUT2D eigenvalue weighted by Gasteiger charge is 2.25. The van der Waals surface area contributed by atoms with Crippen molar-refractivity contribution in [2.24, 2.45) is 0 Å². The summed E-state index contributed by atoms with van der Waals surface area (Å²) in [7, 11) is 0. The number of hydrogen-bond acceptors (Lipinski definition) is 4. The molecule has 19 heavy (non-hydrogen) atoms. The smallest absolute Gasteiger partial charge is 0.161 e. The Bertz CT molecular complexity index is 469. The van der Waals surface area contributed by atoms with Gasteiger partial charge in [0, 0.05) is 12.0 Å². The molecule has 2 rings (SSSR count). The zero-order valence-electron chi connectivity index (χ0n) is 11.8. The molecule has 1 aromatic rings. The van der Waals surface area contributed by atoms with E-state index in [0.29, 0.717) is 19.8 Å². The summed E-state index contributed by atoms with van der Waals surface area (Å²) in [4.78, 5) is 10.4. The third kappa shape index (κ3) is 3.07. The first-order valence-corrected chi connectivity index (χ1v) is 6.59. The number of carbonyl (C=O) groups is 1. The predicted molar refractivity (Wildman–Crippen MR) is 74.1 cm³/mol. The summed E-state index contributed by atoms with van der Waals surface area (Å²) in [5, 5.41) is 3.14. The molecule has 4 heteroatoms. The minimum absolute atomic E-state index is 0.0665. The Morgan fingerprint density at radius 3 is 2.53 bits per heavy atom. The fourth-order valence-electron chi connectivity index (χ4n) is 2.46. The topological polar surface area (TPSA) is 47.6 Å². The van der Waals surface area contributed by atoms with Crippen molar-refractivity contribution in [3.63, 3.8) is 0 Å². The summed E-state index contributed by atoms with van der Waals surface area (Å²) in [6, 6.07) is 4.09. The van der Waals surface area contributed by atoms with Gasteiger partial charge in [0.15, 0.2) is 11.5 Å². The van der Waals surface area contributed by atoms with Gasteiger partial charge in [0.25, 0.3) is 0 Å². The molecule has 0 aliphatic carbocycles. The number of rotatable bonds is 5. The van der Waals surface area contributed by atoms with Gasteiger partial charge in [0.1, 0.15) is 19.5 Å². The first-order chi connectivity index (χ1) is 9.04. The Hall–Kier alpha value is -1.55. The Morgan fingerprint density at radius 1 is 1.26 bits per heavy atom. The average Bonchev–Trinajstić information content (AvgIpc) is 2.38. The summed E-state index contributed by atoms with van der Waals surface area (Å²) in [5.74, 6) is 1.64. The van der Waals surface area contributed by atoms with E-state index in [0.717, 1.165) is 24.3 Å². The fourth-order valence-corrected chi connectivity index (χ4v) is 2.46. The van der Waals surface area contributed by atoms with Crippen LogP contribution < -0.4 is 14.8 Å². The highest BCUT2D eigenvalue weighted by Crippen LogP contribution is 2.37. The van der Waals surface area contributed by atoms with Crippen molar-refractivity contribution in [3.8, 4) is 11.5 Å². The van der Waals surface area contributed by atoms with Crippen LogP contribution in [0.5, 0.6) is 11.5 Å². The molecule has 4 nitrogen and oxygen atoms in total. The predicted octanol–water partition coefficient (Wildman–Crippen LogP) is 1.83. The van der Waals surface area contributed by atoms with Crippen molar-refractivity contribution in [2.75, 3.05) is 26.3 Å². The van der Waals surface area contributed by atoms with Crippen LogP contribution in [0.25, 0.3) is 0 Å². The molecule has 0 saturated carbocycles. The number of nitrogens with one attached hydrogen (secondary N) is 1. The van der Waals surface area contributed by atoms with Crippen LogP contribution in [0.1, 0.15) is 25.0 Å². The third-order valence-corrected chi connectivity index (χ3v) is 3.41. The van der Waals surface area contributed by atoms with Gasteiger partial charge in [-0.1, -0.05) is 13.8 Å². The van der Waals surface area contributed by atoms with Gasteiger partial charge in [-0.15, -0.1) is 0 Å². The Labute approximate surface area is 114 Å². The van der Waals surface area contributed by atoms with Gasteiger partial charge in [-0.25, -0.2) is 0 Å². The van der Waals surface area contributed by atoms with E-state index in [9.17, 15) is 4.79 Å². The summed E-state index contributed by atoms with van der Waals surface area (Å²) in [6.07, 6.45) is 0.882. The standard InChI is InChI=1S/C15H21NO3/c1-11-8-13-14(19-7-6-18-13)9-12(11)15(2,3)10-16-4-5-17/h5,8-9,16H,4,6-7,10H2,1-3H3. The zero-order chi connectivity index (χ0) is 13.9. The molecule has 0 unspecified atom stereocenters. The molecule has 0 radical (unpaired) electrons. The van der Waals surface area contributed by atoms with E-state index in [1.54, 1.807) is 0 Å². The molecule has 0 spiro atoms. The third-order valence-electron chi connectivity index (χ3n) is 3.41. The molecule has 104 valence electrons. The molecule has 0 saturated heterocycles. The minimum atomic E-state index is -0.0665. The van der Waals surface area contributed by atoms with Crippen LogP contribution in [0.15, 0.2) is 12.1 Å². The Kier molecular flexibility index (Phi) is 4.10. The number of aldehydes is 1. The maximum Gasteiger partial charge on any atom is 0.161 e. The molecule has 0 amide bonds. The van der Waals surface area contributed by atoms with Crippen LogP contribution in [-0.4, -0.2) is 32.6 Å². The van der Waals surface area contributed by atoms with E-state index in [-0.39, 0.29) is 5.41 Å². The molecule has 1 aliphatic heterocycles. The number of hydrogen-bond donors (Lipinski definition) is 1. The number of carbonyl (C=O) groups excluding carboxylic acids is 1. The van der Waals surface area contributed by atoms with Gasteiger partial charge in [0.05, 0.1) is 6.54 Å². The van der Waals surface area contributed by atoms with Crippen molar-refractivity contribution < 1.29 is 14.3 Å². The van der Waals surface area contributed by atoms with Crippen molar-refractivity contribution in [2.45, 2.75) is 26.2 Å². The first kappa shape index (κ1) is 13.9. The minimum Gasteiger partial charge on any atom is -0.486 e. The molecular formula is C15H21NO3. The van der Waals surface area contributed by atoms with Crippen LogP contribution in [0, 0.1) is 6.92 Å². The Morgan fingerprint density at radius 2 is 1.89 bits per heavy atom. The van der Waals surface area contributed by atoms with Crippen molar-refractivity contribution in [3.05, 3.63) is 23.3 Å². The summed E-state index contributed by atoms with van der Waals surface area (Å²) < 4.78 is 11.2. The largest absolute Gasteiger partial charge is 0.486 e. The van der Waals surface area contributed by atoms with E-state index in [4.69, 9.17) is 9.47 Å². The number of fused-ring (bicyclic) bond motifs is 1. The molecule has 0 atom stereocenters. The van der Waals surface area contributed by atoms with Crippen LogP contribution in [0.3, 0.4) is 0 Å². The Balaban J connectivity index is 2.25. The van der Waals surface area contributed by atoms with Gasteiger partial charge in [0.2, 0.25) is 0 Å². The van der Waals surface area contributed by atoms with Crippen molar-refractivity contribution in [1.82, 2.24) is 5.32 Å². The molecule has 0 bridgehead atoms. The molecule has 1 aliphatic rings. The van der Waals surface area contributed by atoms with Gasteiger partial charge in [-0.3, -0.25) is 0 Å². The lowest BCUT2D eigenvalue weighted by Crippen LogP contribution is -2.34. The quantitative estimate of drug-likeness (QED) is 0.650. The van der Waals surface area contributed by atoms with Gasteiger partial charge >= 0.3 is 0 Å². The lowest BCUT2D eigenvalue weighted by atomic mass is 9.81. The summed E-state index contributed by atoms with van der Waals surface area (Å²) >= 11 is 0. The lowest BCUT2D eigenvalue weighted by molar-refractivity contribution is -0.107. The summed E-state index contributed by atoms with van der Waals surface area (Å²) in [6.45, 7) is 8.72. The number of ether oxygens (including phenoxy) is 2. The van der Waals surface area contributed by atoms with Crippen LogP contribution in [0.2, 0.25) is 0 Å². The maximum absolute atomic E-state index is 10.4. The van der Waals surface area contributed by atoms with E-state index in [1.807, 2.05) is 6.07 Å². The molecule has 1 N–H and O–H groups in total. The molecule has 0 fully saturated rings. The lowest BCUT2D eigenvalue weighted by Gasteiger charge is -2.29. The highest BCUT2D eigenvalue weighted by molar-refractivity contribution is 5.52. The van der Waals surface area contributed by atoms with E-state index >= 15 is 0 Å². The second-order valence-corrected chi connectivity index (χ2v) is 5.49. The van der Waals surface area contributed by atoms with Crippen molar-refractivity contribution >= 4 is 6.29 Å². The van der Waals surface area contributed by atoms with Crippen LogP contribution in [-0.2, 0) is 10.2 Å². The van der Waals surface area contributed by atoms with E-state index in [2.05, 4.69) is 32.2 Å². The van der Waals surface area contributed by atoms with Gasteiger partial charge in [-0.05, 0) is 30.2 Å². The second-order valence-electron chi connectivity index (χ2n) is 5.49. The SMILES string of the molecule is Cc1cc2c(cc1C(C)(C)CNCC=O)OCCO2. The molecule has 1 aromatic carbocycles. The monoisotopic (exact) mass is 263 g/mol. The highest BCUT2D eigenvalue weighted by atomic mass is 16.6. The first-order valence-electron chi connectivity index (χ1n) is 6.59.